The molecule has 4 heteroatoms. The zero-order valence-corrected chi connectivity index (χ0v) is 18.4. The summed E-state index contributed by atoms with van der Waals surface area (Å²) < 4.78 is 4.29. The number of aryl methyl sites for hydroxylation is 3. The van der Waals surface area contributed by atoms with Gasteiger partial charge in [0.15, 0.2) is 0 Å². The average Bonchev–Trinajstić information content (AvgIpc) is 3.33. The summed E-state index contributed by atoms with van der Waals surface area (Å²) in [5, 5.41) is 1.15. The van der Waals surface area contributed by atoms with Crippen molar-refractivity contribution in [2.24, 2.45) is 5.92 Å². The van der Waals surface area contributed by atoms with Crippen molar-refractivity contribution in [1.82, 2.24) is 18.8 Å². The van der Waals surface area contributed by atoms with E-state index in [-0.39, 0.29) is 0 Å². The van der Waals surface area contributed by atoms with Crippen LogP contribution in [0.1, 0.15) is 42.7 Å². The van der Waals surface area contributed by atoms with Crippen LogP contribution in [0.4, 0.5) is 0 Å². The van der Waals surface area contributed by atoms with Gasteiger partial charge < -0.3 is 0 Å². The SMILES string of the molecule is CCC(C)Cc1cc(C)c(-c2cccc3c4nc(C)cn4c4nccn4c23)c(C)c1. The van der Waals surface area contributed by atoms with E-state index in [1.807, 2.05) is 13.1 Å². The molecule has 3 aromatic heterocycles. The molecule has 1 atom stereocenters. The number of rotatable bonds is 4. The Balaban J connectivity index is 1.82. The molecule has 0 spiro atoms. The Labute approximate surface area is 177 Å². The van der Waals surface area contributed by atoms with Gasteiger partial charge in [0.25, 0.3) is 0 Å². The third-order valence-corrected chi connectivity index (χ3v) is 6.32. The van der Waals surface area contributed by atoms with Gasteiger partial charge in [-0.3, -0.25) is 8.80 Å². The Morgan fingerprint density at radius 2 is 1.80 bits per heavy atom. The van der Waals surface area contributed by atoms with Crippen molar-refractivity contribution in [2.45, 2.75) is 47.5 Å². The zero-order valence-electron chi connectivity index (χ0n) is 18.4. The van der Waals surface area contributed by atoms with E-state index >= 15 is 0 Å². The van der Waals surface area contributed by atoms with E-state index in [0.717, 1.165) is 28.9 Å². The Morgan fingerprint density at radius 3 is 2.53 bits per heavy atom. The summed E-state index contributed by atoms with van der Waals surface area (Å²) in [6.07, 6.45) is 8.33. The van der Waals surface area contributed by atoms with Crippen LogP contribution in [0.5, 0.6) is 0 Å². The maximum Gasteiger partial charge on any atom is 0.220 e. The molecule has 30 heavy (non-hydrogen) atoms. The highest BCUT2D eigenvalue weighted by atomic mass is 15.2. The molecule has 5 aromatic rings. The van der Waals surface area contributed by atoms with Crippen LogP contribution in [0.15, 0.2) is 48.9 Å². The summed E-state index contributed by atoms with van der Waals surface area (Å²) in [6, 6.07) is 11.3. The number of hydrogen-bond donors (Lipinski definition) is 0. The van der Waals surface area contributed by atoms with Gasteiger partial charge in [0, 0.05) is 29.5 Å². The number of nitrogens with zero attached hydrogens (tertiary/aromatic N) is 4. The Morgan fingerprint density at radius 1 is 1.03 bits per heavy atom. The third-order valence-electron chi connectivity index (χ3n) is 6.32. The largest absolute Gasteiger partial charge is 0.284 e. The number of aromatic nitrogens is 4. The molecule has 1 unspecified atom stereocenters. The van der Waals surface area contributed by atoms with Crippen molar-refractivity contribution in [2.75, 3.05) is 0 Å². The molecule has 4 nitrogen and oxygen atoms in total. The number of benzene rings is 2. The molecule has 3 heterocycles. The first-order valence-electron chi connectivity index (χ1n) is 10.8. The van der Waals surface area contributed by atoms with Gasteiger partial charge in [0.1, 0.15) is 5.65 Å². The zero-order chi connectivity index (χ0) is 21.0. The number of hydrogen-bond acceptors (Lipinski definition) is 2. The first-order valence-corrected chi connectivity index (χ1v) is 10.8. The first-order chi connectivity index (χ1) is 14.5. The summed E-state index contributed by atoms with van der Waals surface area (Å²) in [4.78, 5) is 9.45. The first kappa shape index (κ1) is 18.9. The molecule has 0 aliphatic heterocycles. The third kappa shape index (κ3) is 2.82. The lowest BCUT2D eigenvalue weighted by molar-refractivity contribution is 0.560. The van der Waals surface area contributed by atoms with E-state index in [9.17, 15) is 0 Å². The van der Waals surface area contributed by atoms with E-state index in [0.29, 0.717) is 5.92 Å². The average molecular weight is 397 g/mol. The highest BCUT2D eigenvalue weighted by molar-refractivity contribution is 6.03. The van der Waals surface area contributed by atoms with E-state index in [4.69, 9.17) is 4.98 Å². The summed E-state index contributed by atoms with van der Waals surface area (Å²) in [5.41, 5.74) is 9.78. The van der Waals surface area contributed by atoms with Crippen LogP contribution in [-0.2, 0) is 6.42 Å². The summed E-state index contributed by atoms with van der Waals surface area (Å²) in [6.45, 7) is 11.1. The topological polar surface area (TPSA) is 34.6 Å². The highest BCUT2D eigenvalue weighted by Gasteiger charge is 2.17. The molecule has 0 bridgehead atoms. The van der Waals surface area contributed by atoms with Crippen LogP contribution in [0.2, 0.25) is 0 Å². The molecule has 0 N–H and O–H groups in total. The smallest absolute Gasteiger partial charge is 0.220 e. The van der Waals surface area contributed by atoms with Crippen molar-refractivity contribution in [3.63, 3.8) is 0 Å². The fraction of sp³-hybridized carbons (Fsp3) is 0.308. The molecule has 0 saturated heterocycles. The van der Waals surface area contributed by atoms with E-state index < -0.39 is 0 Å². The van der Waals surface area contributed by atoms with Crippen LogP contribution in [0.3, 0.4) is 0 Å². The molecule has 0 aliphatic rings. The van der Waals surface area contributed by atoms with Gasteiger partial charge in [0.05, 0.1) is 11.2 Å². The van der Waals surface area contributed by atoms with Gasteiger partial charge in [-0.1, -0.05) is 44.5 Å². The summed E-state index contributed by atoms with van der Waals surface area (Å²) in [7, 11) is 0. The molecule has 0 aliphatic carbocycles. The fourth-order valence-electron chi connectivity index (χ4n) is 4.82. The predicted molar refractivity (Wildman–Crippen MR) is 124 cm³/mol. The molecular weight excluding hydrogens is 368 g/mol. The summed E-state index contributed by atoms with van der Waals surface area (Å²) in [5.74, 6) is 1.60. The molecule has 2 aromatic carbocycles. The van der Waals surface area contributed by atoms with Crippen LogP contribution in [-0.4, -0.2) is 18.8 Å². The molecule has 5 rings (SSSR count). The molecule has 152 valence electrons. The monoisotopic (exact) mass is 396 g/mol. The van der Waals surface area contributed by atoms with Crippen LogP contribution < -0.4 is 0 Å². The van der Waals surface area contributed by atoms with Crippen molar-refractivity contribution >= 4 is 22.3 Å². The molecular formula is C26H28N4. The lowest BCUT2D eigenvalue weighted by Crippen LogP contribution is -2.02. The van der Waals surface area contributed by atoms with E-state index in [1.165, 1.54) is 39.8 Å². The lowest BCUT2D eigenvalue weighted by Gasteiger charge is -2.17. The lowest BCUT2D eigenvalue weighted by atomic mass is 9.89. The maximum atomic E-state index is 4.82. The fourth-order valence-corrected chi connectivity index (χ4v) is 4.82. The van der Waals surface area contributed by atoms with Gasteiger partial charge in [-0.2, -0.15) is 0 Å². The maximum absolute atomic E-state index is 4.82. The number of para-hydroxylation sites is 1. The predicted octanol–water partition coefficient (Wildman–Crippen LogP) is 6.32. The second-order valence-corrected chi connectivity index (χ2v) is 8.70. The molecule has 0 radical (unpaired) electrons. The second kappa shape index (κ2) is 6.98. The second-order valence-electron chi connectivity index (χ2n) is 8.70. The molecule has 0 amide bonds. The van der Waals surface area contributed by atoms with Gasteiger partial charge in [-0.05, 0) is 61.4 Å². The van der Waals surface area contributed by atoms with Gasteiger partial charge in [-0.15, -0.1) is 0 Å². The normalized spacial score (nSPS) is 13.0. The van der Waals surface area contributed by atoms with E-state index in [1.54, 1.807) is 0 Å². The standard InChI is InChI=1S/C26H28N4/c1-6-16(2)12-20-13-17(3)23(18(4)14-20)21-8-7-9-22-24(21)29-11-10-27-26(29)30-15-19(5)28-25(22)30/h7-11,13-16H,6,12H2,1-5H3. The molecule has 0 saturated carbocycles. The minimum Gasteiger partial charge on any atom is -0.284 e. The Hall–Kier alpha value is -3.14. The van der Waals surface area contributed by atoms with Crippen molar-refractivity contribution in [3.05, 3.63) is 71.3 Å². The van der Waals surface area contributed by atoms with Crippen LogP contribution >= 0.6 is 0 Å². The number of fused-ring (bicyclic) bond motifs is 6. The highest BCUT2D eigenvalue weighted by Crippen LogP contribution is 2.36. The van der Waals surface area contributed by atoms with Gasteiger partial charge >= 0.3 is 0 Å². The van der Waals surface area contributed by atoms with Gasteiger partial charge in [-0.25, -0.2) is 9.97 Å². The van der Waals surface area contributed by atoms with Crippen molar-refractivity contribution < 1.29 is 0 Å². The number of imidazole rings is 2. The van der Waals surface area contributed by atoms with Crippen molar-refractivity contribution in [1.29, 1.82) is 0 Å². The van der Waals surface area contributed by atoms with Crippen molar-refractivity contribution in [3.8, 4) is 11.1 Å². The van der Waals surface area contributed by atoms with Crippen LogP contribution in [0, 0.1) is 26.7 Å². The minimum absolute atomic E-state index is 0.703. The minimum atomic E-state index is 0.703. The Bertz CT molecular complexity index is 1380. The Kier molecular flexibility index (Phi) is 4.39. The van der Waals surface area contributed by atoms with Crippen LogP contribution in [0.25, 0.3) is 33.5 Å². The summed E-state index contributed by atoms with van der Waals surface area (Å²) >= 11 is 0. The molecule has 0 fully saturated rings. The quantitative estimate of drug-likeness (QED) is 0.356. The van der Waals surface area contributed by atoms with E-state index in [2.05, 4.69) is 84.2 Å². The van der Waals surface area contributed by atoms with Gasteiger partial charge in [0.2, 0.25) is 5.78 Å².